The summed E-state index contributed by atoms with van der Waals surface area (Å²) in [5.74, 6) is 0. The number of nitrogens with zero attached hydrogens (tertiary/aromatic N) is 2. The third kappa shape index (κ3) is 2.02. The van der Waals surface area contributed by atoms with Crippen molar-refractivity contribution in [1.29, 1.82) is 5.26 Å². The lowest BCUT2D eigenvalue weighted by molar-refractivity contribution is 0.565. The van der Waals surface area contributed by atoms with Crippen LogP contribution in [0.25, 0.3) is 0 Å². The molecule has 0 radical (unpaired) electrons. The molecule has 0 heterocycles. The molecule has 0 atom stereocenters. The van der Waals surface area contributed by atoms with Gasteiger partial charge < -0.3 is 0 Å². The van der Waals surface area contributed by atoms with Crippen LogP contribution in [-0.4, -0.2) is 6.08 Å². The van der Waals surface area contributed by atoms with E-state index in [1.54, 1.807) is 18.2 Å². The Balaban J connectivity index is 3.24. The van der Waals surface area contributed by atoms with Gasteiger partial charge in [0.15, 0.2) is 0 Å². The molecule has 0 aliphatic heterocycles. The molecule has 0 amide bonds. The molecule has 0 saturated carbocycles. The van der Waals surface area contributed by atoms with Crippen molar-refractivity contribution in [3.05, 3.63) is 29.3 Å². The minimum absolute atomic E-state index is 0.585. The fraction of sp³-hybridized carbons (Fsp3) is 0.200. The normalized spacial score (nSPS) is 8.62. The molecule has 0 bridgehead atoms. The van der Waals surface area contributed by atoms with Crippen molar-refractivity contribution < 1.29 is 4.79 Å². The molecule has 3 nitrogen and oxygen atoms in total. The van der Waals surface area contributed by atoms with E-state index in [0.29, 0.717) is 11.3 Å². The van der Waals surface area contributed by atoms with E-state index in [9.17, 15) is 4.79 Å². The monoisotopic (exact) mass is 172 g/mol. The first kappa shape index (κ1) is 9.18. The van der Waals surface area contributed by atoms with Crippen LogP contribution in [0.3, 0.4) is 0 Å². The Bertz CT molecular complexity index is 398. The number of aliphatic imine (C=N–C) groups is 1. The highest BCUT2D eigenvalue weighted by Gasteiger charge is 2.00. The number of isocyanates is 1. The lowest BCUT2D eigenvalue weighted by Crippen LogP contribution is -1.83. The molecule has 0 aliphatic rings. The zero-order chi connectivity index (χ0) is 9.68. The summed E-state index contributed by atoms with van der Waals surface area (Å²) in [7, 11) is 0. The number of nitriles is 1. The lowest BCUT2D eigenvalue weighted by atomic mass is 10.1. The molecular formula is C10H8N2O. The minimum Gasteiger partial charge on any atom is -0.211 e. The van der Waals surface area contributed by atoms with Gasteiger partial charge in [-0.1, -0.05) is 6.92 Å². The van der Waals surface area contributed by atoms with E-state index >= 15 is 0 Å². The summed E-state index contributed by atoms with van der Waals surface area (Å²) in [5, 5.41) is 8.62. The predicted octanol–water partition coefficient (Wildman–Crippen LogP) is 2.09. The van der Waals surface area contributed by atoms with Crippen molar-refractivity contribution >= 4 is 11.8 Å². The molecule has 13 heavy (non-hydrogen) atoms. The molecule has 3 heteroatoms. The van der Waals surface area contributed by atoms with Crippen LogP contribution in [-0.2, 0) is 11.2 Å². The van der Waals surface area contributed by atoms with Gasteiger partial charge in [-0.15, -0.1) is 0 Å². The van der Waals surface area contributed by atoms with Crippen LogP contribution >= 0.6 is 0 Å². The average Bonchev–Trinajstić information content (AvgIpc) is 2.19. The van der Waals surface area contributed by atoms with E-state index in [-0.39, 0.29) is 0 Å². The maximum atomic E-state index is 10.0. The quantitative estimate of drug-likeness (QED) is 0.506. The average molecular weight is 172 g/mol. The van der Waals surface area contributed by atoms with Gasteiger partial charge in [0.1, 0.15) is 0 Å². The molecule has 1 aromatic rings. The van der Waals surface area contributed by atoms with E-state index < -0.39 is 0 Å². The second kappa shape index (κ2) is 4.20. The maximum Gasteiger partial charge on any atom is 0.240 e. The second-order valence-corrected chi connectivity index (χ2v) is 2.51. The zero-order valence-electron chi connectivity index (χ0n) is 7.24. The molecule has 1 rings (SSSR count). The van der Waals surface area contributed by atoms with Gasteiger partial charge in [0, 0.05) is 0 Å². The molecular weight excluding hydrogens is 164 g/mol. The minimum atomic E-state index is 0.585. The summed E-state index contributed by atoms with van der Waals surface area (Å²) >= 11 is 0. The van der Waals surface area contributed by atoms with Crippen LogP contribution in [0.4, 0.5) is 5.69 Å². The third-order valence-corrected chi connectivity index (χ3v) is 1.76. The summed E-state index contributed by atoms with van der Waals surface area (Å²) in [6.07, 6.45) is 2.23. The predicted molar refractivity (Wildman–Crippen MR) is 48.3 cm³/mol. The van der Waals surface area contributed by atoms with Crippen molar-refractivity contribution in [3.63, 3.8) is 0 Å². The molecule has 0 unspecified atom stereocenters. The van der Waals surface area contributed by atoms with Crippen molar-refractivity contribution in [2.45, 2.75) is 13.3 Å². The van der Waals surface area contributed by atoms with E-state index in [4.69, 9.17) is 5.26 Å². The van der Waals surface area contributed by atoms with E-state index in [2.05, 4.69) is 4.99 Å². The number of benzene rings is 1. The van der Waals surface area contributed by atoms with Gasteiger partial charge in [-0.05, 0) is 30.2 Å². The third-order valence-electron chi connectivity index (χ3n) is 1.76. The molecule has 0 fully saturated rings. The van der Waals surface area contributed by atoms with Crippen LogP contribution in [0.5, 0.6) is 0 Å². The Morgan fingerprint density at radius 2 is 2.31 bits per heavy atom. The van der Waals surface area contributed by atoms with Gasteiger partial charge in [-0.3, -0.25) is 0 Å². The molecule has 0 aromatic heterocycles. The van der Waals surface area contributed by atoms with E-state index in [0.717, 1.165) is 12.0 Å². The van der Waals surface area contributed by atoms with Crippen molar-refractivity contribution in [1.82, 2.24) is 0 Å². The number of carbonyl (C=O) groups excluding carboxylic acids is 1. The Kier molecular flexibility index (Phi) is 2.97. The van der Waals surface area contributed by atoms with Gasteiger partial charge in [0.2, 0.25) is 6.08 Å². The number of rotatable bonds is 2. The Morgan fingerprint density at radius 1 is 1.54 bits per heavy atom. The second-order valence-electron chi connectivity index (χ2n) is 2.51. The van der Waals surface area contributed by atoms with Gasteiger partial charge in [-0.25, -0.2) is 4.79 Å². The molecule has 0 spiro atoms. The molecule has 0 N–H and O–H groups in total. The Hall–Kier alpha value is -1.91. The highest BCUT2D eigenvalue weighted by molar-refractivity contribution is 5.56. The van der Waals surface area contributed by atoms with Gasteiger partial charge >= 0.3 is 0 Å². The van der Waals surface area contributed by atoms with E-state index in [1.165, 1.54) is 6.08 Å². The van der Waals surface area contributed by atoms with Crippen LogP contribution in [0, 0.1) is 11.3 Å². The molecule has 0 saturated heterocycles. The molecule has 64 valence electrons. The van der Waals surface area contributed by atoms with Gasteiger partial charge in [0.25, 0.3) is 0 Å². The Labute approximate surface area is 76.3 Å². The fourth-order valence-corrected chi connectivity index (χ4v) is 1.10. The standard InChI is InChI=1S/C10H8N2O/c1-2-9-5-8(6-11)3-4-10(9)12-7-13/h3-5H,2H2,1H3. The van der Waals surface area contributed by atoms with Crippen LogP contribution in [0.15, 0.2) is 23.2 Å². The SMILES string of the molecule is CCc1cc(C#N)ccc1N=C=O. The summed E-state index contributed by atoms with van der Waals surface area (Å²) < 4.78 is 0. The van der Waals surface area contributed by atoms with Crippen molar-refractivity contribution in [2.24, 2.45) is 4.99 Å². The van der Waals surface area contributed by atoms with Crippen LogP contribution in [0.1, 0.15) is 18.1 Å². The van der Waals surface area contributed by atoms with Crippen molar-refractivity contribution in [3.8, 4) is 6.07 Å². The van der Waals surface area contributed by atoms with Gasteiger partial charge in [-0.2, -0.15) is 10.3 Å². The summed E-state index contributed by atoms with van der Waals surface area (Å²) in [6.45, 7) is 1.94. The summed E-state index contributed by atoms with van der Waals surface area (Å²) in [6, 6.07) is 7.05. The molecule has 1 aromatic carbocycles. The number of hydrogen-bond donors (Lipinski definition) is 0. The number of hydrogen-bond acceptors (Lipinski definition) is 3. The fourth-order valence-electron chi connectivity index (χ4n) is 1.10. The number of aryl methyl sites for hydroxylation is 1. The molecule has 0 aliphatic carbocycles. The lowest BCUT2D eigenvalue weighted by Gasteiger charge is -2.00. The van der Waals surface area contributed by atoms with Gasteiger partial charge in [0.05, 0.1) is 17.3 Å². The first-order valence-electron chi connectivity index (χ1n) is 3.92. The Morgan fingerprint density at radius 3 is 2.85 bits per heavy atom. The first-order valence-corrected chi connectivity index (χ1v) is 3.92. The maximum absolute atomic E-state index is 10.0. The largest absolute Gasteiger partial charge is 0.240 e. The first-order chi connectivity index (χ1) is 6.31. The highest BCUT2D eigenvalue weighted by Crippen LogP contribution is 2.20. The summed E-state index contributed by atoms with van der Waals surface area (Å²) in [4.78, 5) is 13.6. The smallest absolute Gasteiger partial charge is 0.211 e. The van der Waals surface area contributed by atoms with Crippen molar-refractivity contribution in [2.75, 3.05) is 0 Å². The van der Waals surface area contributed by atoms with Crippen LogP contribution < -0.4 is 0 Å². The topological polar surface area (TPSA) is 53.2 Å². The zero-order valence-corrected chi connectivity index (χ0v) is 7.24. The highest BCUT2D eigenvalue weighted by atomic mass is 16.1. The summed E-state index contributed by atoms with van der Waals surface area (Å²) in [5.41, 5.74) is 2.07. The van der Waals surface area contributed by atoms with Crippen LogP contribution in [0.2, 0.25) is 0 Å². The van der Waals surface area contributed by atoms with E-state index in [1.807, 2.05) is 13.0 Å².